The van der Waals surface area contributed by atoms with Gasteiger partial charge in [0.15, 0.2) is 5.76 Å². The Kier molecular flexibility index (Phi) is 2.54. The smallest absolute Gasteiger partial charge is 0.230 e. The Labute approximate surface area is 98.9 Å². The van der Waals surface area contributed by atoms with E-state index in [-0.39, 0.29) is 6.79 Å². The number of allylic oxidation sites excluding steroid dienone is 1. The van der Waals surface area contributed by atoms with E-state index in [2.05, 4.69) is 22.3 Å². The predicted octanol–water partition coefficient (Wildman–Crippen LogP) is 2.33. The van der Waals surface area contributed by atoms with Crippen molar-refractivity contribution in [2.45, 2.75) is 6.42 Å². The lowest BCUT2D eigenvalue weighted by Gasteiger charge is -2.02. The summed E-state index contributed by atoms with van der Waals surface area (Å²) in [4.78, 5) is 0. The number of ether oxygens (including phenoxy) is 2. The van der Waals surface area contributed by atoms with Crippen molar-refractivity contribution >= 4 is 5.76 Å². The van der Waals surface area contributed by atoms with E-state index >= 15 is 0 Å². The molecule has 86 valence electrons. The maximum atomic E-state index is 5.51. The average molecular weight is 228 g/mol. The van der Waals surface area contributed by atoms with Gasteiger partial charge < -0.3 is 9.47 Å². The Morgan fingerprint density at radius 1 is 1.18 bits per heavy atom. The molecule has 2 heterocycles. The SMILES string of the molecule is c1ccc(CC2=C(c3cn[nH]c3)OCO2)cc1. The van der Waals surface area contributed by atoms with Gasteiger partial charge in [0, 0.05) is 12.6 Å². The molecule has 1 aliphatic heterocycles. The summed E-state index contributed by atoms with van der Waals surface area (Å²) in [6.07, 6.45) is 4.27. The van der Waals surface area contributed by atoms with Gasteiger partial charge in [0.2, 0.25) is 6.79 Å². The molecule has 3 rings (SSSR count). The van der Waals surface area contributed by atoms with Crippen molar-refractivity contribution in [3.63, 3.8) is 0 Å². The lowest BCUT2D eigenvalue weighted by Crippen LogP contribution is -1.92. The molecule has 1 N–H and O–H groups in total. The van der Waals surface area contributed by atoms with Crippen molar-refractivity contribution in [2.24, 2.45) is 0 Å². The van der Waals surface area contributed by atoms with Gasteiger partial charge in [0.1, 0.15) is 5.76 Å². The third-order valence-corrected chi connectivity index (χ3v) is 2.66. The van der Waals surface area contributed by atoms with Crippen LogP contribution in [-0.4, -0.2) is 17.0 Å². The fourth-order valence-corrected chi connectivity index (χ4v) is 1.84. The normalized spacial score (nSPS) is 14.6. The van der Waals surface area contributed by atoms with Crippen molar-refractivity contribution in [3.8, 4) is 0 Å². The van der Waals surface area contributed by atoms with Crippen LogP contribution < -0.4 is 0 Å². The van der Waals surface area contributed by atoms with Crippen LogP contribution in [0, 0.1) is 0 Å². The number of hydrogen-bond donors (Lipinski definition) is 1. The summed E-state index contributed by atoms with van der Waals surface area (Å²) in [6.45, 7) is 0.280. The Bertz CT molecular complexity index is 518. The van der Waals surface area contributed by atoms with Gasteiger partial charge >= 0.3 is 0 Å². The van der Waals surface area contributed by atoms with E-state index in [1.54, 1.807) is 12.4 Å². The van der Waals surface area contributed by atoms with Crippen LogP contribution in [0.5, 0.6) is 0 Å². The predicted molar refractivity (Wildman–Crippen MR) is 62.7 cm³/mol. The van der Waals surface area contributed by atoms with Crippen molar-refractivity contribution in [1.82, 2.24) is 10.2 Å². The second-order valence-corrected chi connectivity index (χ2v) is 3.81. The minimum atomic E-state index is 0.280. The van der Waals surface area contributed by atoms with Crippen LogP contribution in [0.4, 0.5) is 0 Å². The molecule has 0 spiro atoms. The van der Waals surface area contributed by atoms with E-state index in [1.807, 2.05) is 18.2 Å². The number of nitrogens with zero attached hydrogens (tertiary/aromatic N) is 1. The number of hydrogen-bond acceptors (Lipinski definition) is 3. The van der Waals surface area contributed by atoms with Gasteiger partial charge in [-0.3, -0.25) is 5.10 Å². The minimum Gasteiger partial charge on any atom is -0.458 e. The van der Waals surface area contributed by atoms with Gasteiger partial charge in [0.05, 0.1) is 11.8 Å². The molecule has 4 nitrogen and oxygen atoms in total. The zero-order valence-electron chi connectivity index (χ0n) is 9.22. The Morgan fingerprint density at radius 2 is 2.06 bits per heavy atom. The van der Waals surface area contributed by atoms with Crippen molar-refractivity contribution in [2.75, 3.05) is 6.79 Å². The fraction of sp³-hybridized carbons (Fsp3) is 0.154. The third kappa shape index (κ3) is 2.01. The quantitative estimate of drug-likeness (QED) is 0.877. The Morgan fingerprint density at radius 3 is 2.82 bits per heavy atom. The molecule has 1 aliphatic rings. The van der Waals surface area contributed by atoms with E-state index < -0.39 is 0 Å². The second kappa shape index (κ2) is 4.33. The third-order valence-electron chi connectivity index (χ3n) is 2.66. The van der Waals surface area contributed by atoms with Crippen molar-refractivity contribution in [3.05, 3.63) is 59.6 Å². The van der Waals surface area contributed by atoms with Crippen LogP contribution >= 0.6 is 0 Å². The number of nitrogens with one attached hydrogen (secondary N) is 1. The highest BCUT2D eigenvalue weighted by Gasteiger charge is 2.20. The number of benzene rings is 1. The van der Waals surface area contributed by atoms with Crippen LogP contribution in [0.2, 0.25) is 0 Å². The van der Waals surface area contributed by atoms with Crippen LogP contribution in [-0.2, 0) is 15.9 Å². The number of H-pyrrole nitrogens is 1. The van der Waals surface area contributed by atoms with Gasteiger partial charge in [-0.05, 0) is 5.56 Å². The molecule has 0 fully saturated rings. The molecule has 0 amide bonds. The molecule has 0 aliphatic carbocycles. The van der Waals surface area contributed by atoms with Gasteiger partial charge in [-0.1, -0.05) is 30.3 Å². The highest BCUT2D eigenvalue weighted by molar-refractivity contribution is 5.62. The van der Waals surface area contributed by atoms with Crippen molar-refractivity contribution < 1.29 is 9.47 Å². The molecule has 1 aromatic carbocycles. The van der Waals surface area contributed by atoms with Crippen LogP contribution in [0.25, 0.3) is 5.76 Å². The first-order valence-electron chi connectivity index (χ1n) is 5.45. The maximum Gasteiger partial charge on any atom is 0.230 e. The van der Waals surface area contributed by atoms with Gasteiger partial charge in [-0.2, -0.15) is 5.10 Å². The highest BCUT2D eigenvalue weighted by atomic mass is 16.7. The van der Waals surface area contributed by atoms with E-state index in [9.17, 15) is 0 Å². The Balaban J connectivity index is 1.89. The zero-order valence-corrected chi connectivity index (χ0v) is 9.22. The van der Waals surface area contributed by atoms with Gasteiger partial charge in [-0.25, -0.2) is 0 Å². The van der Waals surface area contributed by atoms with Crippen LogP contribution in [0.3, 0.4) is 0 Å². The van der Waals surface area contributed by atoms with E-state index in [1.165, 1.54) is 5.56 Å². The summed E-state index contributed by atoms with van der Waals surface area (Å²) in [6, 6.07) is 10.2. The molecular weight excluding hydrogens is 216 g/mol. The highest BCUT2D eigenvalue weighted by Crippen LogP contribution is 2.27. The molecule has 2 aromatic rings. The summed E-state index contributed by atoms with van der Waals surface area (Å²) in [7, 11) is 0. The summed E-state index contributed by atoms with van der Waals surface area (Å²) < 4.78 is 11.0. The molecule has 4 heteroatoms. The monoisotopic (exact) mass is 228 g/mol. The van der Waals surface area contributed by atoms with E-state index in [0.717, 1.165) is 23.5 Å². The number of aromatic nitrogens is 2. The van der Waals surface area contributed by atoms with E-state index in [0.29, 0.717) is 0 Å². The largest absolute Gasteiger partial charge is 0.458 e. The fourth-order valence-electron chi connectivity index (χ4n) is 1.84. The molecule has 17 heavy (non-hydrogen) atoms. The van der Waals surface area contributed by atoms with Gasteiger partial charge in [-0.15, -0.1) is 0 Å². The first-order chi connectivity index (χ1) is 8.43. The van der Waals surface area contributed by atoms with Gasteiger partial charge in [0.25, 0.3) is 0 Å². The Hall–Kier alpha value is -2.23. The van der Waals surface area contributed by atoms with Crippen molar-refractivity contribution in [1.29, 1.82) is 0 Å². The maximum absolute atomic E-state index is 5.51. The second-order valence-electron chi connectivity index (χ2n) is 3.81. The summed E-state index contributed by atoms with van der Waals surface area (Å²) in [5.41, 5.74) is 2.13. The lowest BCUT2D eigenvalue weighted by molar-refractivity contribution is 0.0857. The summed E-state index contributed by atoms with van der Waals surface area (Å²) >= 11 is 0. The number of aromatic amines is 1. The van der Waals surface area contributed by atoms with Crippen LogP contribution in [0.1, 0.15) is 11.1 Å². The van der Waals surface area contributed by atoms with E-state index in [4.69, 9.17) is 9.47 Å². The van der Waals surface area contributed by atoms with Crippen LogP contribution in [0.15, 0.2) is 48.5 Å². The molecule has 0 atom stereocenters. The summed E-state index contributed by atoms with van der Waals surface area (Å²) in [5, 5.41) is 6.68. The topological polar surface area (TPSA) is 47.1 Å². The minimum absolute atomic E-state index is 0.280. The lowest BCUT2D eigenvalue weighted by atomic mass is 10.1. The first-order valence-corrected chi connectivity index (χ1v) is 5.45. The molecule has 0 unspecified atom stereocenters. The molecule has 0 radical (unpaired) electrons. The standard InChI is InChI=1S/C13H12N2O2/c1-2-4-10(5-3-1)6-12-13(17-9-16-12)11-7-14-15-8-11/h1-5,7-8H,6,9H2,(H,14,15). The summed E-state index contributed by atoms with van der Waals surface area (Å²) in [5.74, 6) is 1.64. The molecule has 0 bridgehead atoms. The molecule has 0 saturated heterocycles. The number of rotatable bonds is 3. The average Bonchev–Trinajstić information content (AvgIpc) is 3.00. The molecule has 0 saturated carbocycles. The molecular formula is C13H12N2O2. The molecule has 1 aromatic heterocycles. The zero-order chi connectivity index (χ0) is 11.5. The first kappa shape index (κ1) is 9.96.